The minimum Gasteiger partial charge on any atom is -0.397 e. The number of aryl methyl sites for hydroxylation is 1. The number of nitrogens with two attached hydrogens (primary N) is 1. The quantitative estimate of drug-likeness (QED) is 0.492. The van der Waals surface area contributed by atoms with Crippen molar-refractivity contribution in [2.45, 2.75) is 13.3 Å². The molecule has 0 spiro atoms. The smallest absolute Gasteiger partial charge is 0.273 e. The standard InChI is InChI=1S/C21H20N4O2/c1-2-14-7-9-15(10-8-14)11-12-19(26)24-25-21(27)17-13-23-18-6-4-3-5-16(18)20(17)22/h3-13H,2H2,1H3,(H2,22,23)(H,24,26)(H,25,27)/b12-11+. The van der Waals surface area contributed by atoms with Gasteiger partial charge in [-0.05, 0) is 29.7 Å². The van der Waals surface area contributed by atoms with E-state index in [-0.39, 0.29) is 5.56 Å². The van der Waals surface area contributed by atoms with Crippen LogP contribution < -0.4 is 16.6 Å². The number of carbonyl (C=O) groups excluding carboxylic acids is 2. The number of rotatable bonds is 4. The van der Waals surface area contributed by atoms with Crippen molar-refractivity contribution in [3.8, 4) is 0 Å². The van der Waals surface area contributed by atoms with Crippen LogP contribution in [0.3, 0.4) is 0 Å². The van der Waals surface area contributed by atoms with E-state index in [2.05, 4.69) is 22.8 Å². The van der Waals surface area contributed by atoms with Crippen molar-refractivity contribution in [3.63, 3.8) is 0 Å². The normalized spacial score (nSPS) is 10.9. The monoisotopic (exact) mass is 360 g/mol. The number of para-hydroxylation sites is 1. The van der Waals surface area contributed by atoms with Gasteiger partial charge in [0, 0.05) is 17.7 Å². The number of carbonyl (C=O) groups is 2. The highest BCUT2D eigenvalue weighted by Gasteiger charge is 2.13. The number of fused-ring (bicyclic) bond motifs is 1. The molecular weight excluding hydrogens is 340 g/mol. The van der Waals surface area contributed by atoms with Gasteiger partial charge in [-0.1, -0.05) is 49.4 Å². The molecule has 0 saturated carbocycles. The number of benzene rings is 2. The second-order valence-corrected chi connectivity index (χ2v) is 5.97. The number of nitrogens with zero attached hydrogens (tertiary/aromatic N) is 1. The Balaban J connectivity index is 1.62. The molecule has 2 aromatic carbocycles. The first-order valence-corrected chi connectivity index (χ1v) is 8.59. The predicted octanol–water partition coefficient (Wildman–Crippen LogP) is 2.85. The second-order valence-electron chi connectivity index (χ2n) is 5.97. The van der Waals surface area contributed by atoms with Crippen LogP contribution in [0.25, 0.3) is 17.0 Å². The molecule has 0 atom stereocenters. The van der Waals surface area contributed by atoms with Gasteiger partial charge in [0.25, 0.3) is 11.8 Å². The summed E-state index contributed by atoms with van der Waals surface area (Å²) in [4.78, 5) is 28.4. The third kappa shape index (κ3) is 4.30. The van der Waals surface area contributed by atoms with Gasteiger partial charge in [0.2, 0.25) is 0 Å². The first-order chi connectivity index (χ1) is 13.1. The fraction of sp³-hybridized carbons (Fsp3) is 0.0952. The number of aromatic nitrogens is 1. The topological polar surface area (TPSA) is 97.1 Å². The molecular formula is C21H20N4O2. The molecule has 1 heterocycles. The Morgan fingerprint density at radius 2 is 1.81 bits per heavy atom. The average molecular weight is 360 g/mol. The fourth-order valence-corrected chi connectivity index (χ4v) is 2.61. The molecule has 3 rings (SSSR count). The van der Waals surface area contributed by atoms with Gasteiger partial charge in [-0.2, -0.15) is 0 Å². The Morgan fingerprint density at radius 3 is 2.56 bits per heavy atom. The predicted molar refractivity (Wildman–Crippen MR) is 107 cm³/mol. The maximum atomic E-state index is 12.3. The van der Waals surface area contributed by atoms with E-state index in [0.29, 0.717) is 16.6 Å². The molecule has 0 fully saturated rings. The molecule has 0 aliphatic rings. The molecule has 0 aliphatic carbocycles. The lowest BCUT2D eigenvalue weighted by Crippen LogP contribution is -2.41. The fourth-order valence-electron chi connectivity index (χ4n) is 2.61. The minimum atomic E-state index is -0.528. The van der Waals surface area contributed by atoms with Gasteiger partial charge in [-0.3, -0.25) is 25.4 Å². The number of hydrogen-bond acceptors (Lipinski definition) is 4. The lowest BCUT2D eigenvalue weighted by atomic mass is 10.1. The summed E-state index contributed by atoms with van der Waals surface area (Å²) in [6.45, 7) is 2.08. The van der Waals surface area contributed by atoms with Crippen molar-refractivity contribution in [1.29, 1.82) is 0 Å². The number of pyridine rings is 1. The van der Waals surface area contributed by atoms with Crippen molar-refractivity contribution < 1.29 is 9.59 Å². The third-order valence-corrected chi connectivity index (χ3v) is 4.18. The van der Waals surface area contributed by atoms with Crippen LogP contribution in [0.4, 0.5) is 5.69 Å². The molecule has 0 aliphatic heterocycles. The average Bonchev–Trinajstić information content (AvgIpc) is 2.71. The summed E-state index contributed by atoms with van der Waals surface area (Å²) in [6, 6.07) is 15.2. The second kappa shape index (κ2) is 8.14. The third-order valence-electron chi connectivity index (χ3n) is 4.18. The Hall–Kier alpha value is -3.67. The summed E-state index contributed by atoms with van der Waals surface area (Å²) in [5.74, 6) is -0.977. The van der Waals surface area contributed by atoms with Gasteiger partial charge in [0.1, 0.15) is 0 Å². The summed E-state index contributed by atoms with van der Waals surface area (Å²) in [5.41, 5.74) is 14.1. The Labute approximate surface area is 157 Å². The van der Waals surface area contributed by atoms with E-state index in [9.17, 15) is 9.59 Å². The van der Waals surface area contributed by atoms with Crippen molar-refractivity contribution in [2.75, 3.05) is 5.73 Å². The Kier molecular flexibility index (Phi) is 5.47. The lowest BCUT2D eigenvalue weighted by Gasteiger charge is -2.09. The molecule has 0 saturated heterocycles. The van der Waals surface area contributed by atoms with Crippen molar-refractivity contribution >= 4 is 34.5 Å². The van der Waals surface area contributed by atoms with Gasteiger partial charge >= 0.3 is 0 Å². The molecule has 4 N–H and O–H groups in total. The van der Waals surface area contributed by atoms with E-state index >= 15 is 0 Å². The molecule has 1 aromatic heterocycles. The molecule has 136 valence electrons. The number of hydrogen-bond donors (Lipinski definition) is 3. The van der Waals surface area contributed by atoms with E-state index in [1.54, 1.807) is 12.1 Å². The van der Waals surface area contributed by atoms with Crippen molar-refractivity contribution in [1.82, 2.24) is 15.8 Å². The molecule has 6 nitrogen and oxygen atoms in total. The summed E-state index contributed by atoms with van der Waals surface area (Å²) in [5, 5.41) is 0.687. The van der Waals surface area contributed by atoms with E-state index in [0.717, 1.165) is 12.0 Å². The summed E-state index contributed by atoms with van der Waals surface area (Å²) >= 11 is 0. The number of hydrazine groups is 1. The first-order valence-electron chi connectivity index (χ1n) is 8.59. The Morgan fingerprint density at radius 1 is 1.07 bits per heavy atom. The van der Waals surface area contributed by atoms with E-state index in [1.165, 1.54) is 17.8 Å². The first kappa shape index (κ1) is 18.1. The molecule has 0 unspecified atom stereocenters. The number of nitrogens with one attached hydrogen (secondary N) is 2. The Bertz CT molecular complexity index is 1010. The van der Waals surface area contributed by atoms with Crippen LogP contribution >= 0.6 is 0 Å². The van der Waals surface area contributed by atoms with Gasteiger partial charge in [-0.25, -0.2) is 0 Å². The van der Waals surface area contributed by atoms with E-state index in [4.69, 9.17) is 5.73 Å². The van der Waals surface area contributed by atoms with Crippen molar-refractivity contribution in [3.05, 3.63) is 77.5 Å². The van der Waals surface area contributed by atoms with Gasteiger partial charge in [-0.15, -0.1) is 0 Å². The van der Waals surface area contributed by atoms with Crippen LogP contribution in [0, 0.1) is 0 Å². The highest BCUT2D eigenvalue weighted by atomic mass is 16.2. The zero-order chi connectivity index (χ0) is 19.2. The molecule has 0 radical (unpaired) electrons. The lowest BCUT2D eigenvalue weighted by molar-refractivity contribution is -0.117. The molecule has 2 amide bonds. The van der Waals surface area contributed by atoms with Crippen LogP contribution in [0.15, 0.2) is 60.8 Å². The molecule has 3 aromatic rings. The SMILES string of the molecule is CCc1ccc(/C=C/C(=O)NNC(=O)c2cnc3ccccc3c2N)cc1. The van der Waals surface area contributed by atoms with Crippen LogP contribution in [0.1, 0.15) is 28.4 Å². The van der Waals surface area contributed by atoms with E-state index in [1.807, 2.05) is 42.5 Å². The van der Waals surface area contributed by atoms with Gasteiger partial charge in [0.05, 0.1) is 16.8 Å². The summed E-state index contributed by atoms with van der Waals surface area (Å²) < 4.78 is 0. The number of anilines is 1. The largest absolute Gasteiger partial charge is 0.397 e. The maximum absolute atomic E-state index is 12.3. The molecule has 27 heavy (non-hydrogen) atoms. The highest BCUT2D eigenvalue weighted by molar-refractivity contribution is 6.06. The number of amides is 2. The van der Waals surface area contributed by atoms with Gasteiger partial charge in [0.15, 0.2) is 0 Å². The zero-order valence-corrected chi connectivity index (χ0v) is 14.9. The molecule has 0 bridgehead atoms. The van der Waals surface area contributed by atoms with Crippen LogP contribution in [0.5, 0.6) is 0 Å². The molecule has 6 heteroatoms. The zero-order valence-electron chi connectivity index (χ0n) is 14.9. The minimum absolute atomic E-state index is 0.202. The summed E-state index contributed by atoms with van der Waals surface area (Å²) in [7, 11) is 0. The van der Waals surface area contributed by atoms with E-state index < -0.39 is 11.8 Å². The summed E-state index contributed by atoms with van der Waals surface area (Å²) in [6.07, 6.45) is 5.38. The van der Waals surface area contributed by atoms with Crippen LogP contribution in [-0.4, -0.2) is 16.8 Å². The highest BCUT2D eigenvalue weighted by Crippen LogP contribution is 2.22. The number of nitrogen functional groups attached to an aromatic ring is 1. The van der Waals surface area contributed by atoms with Crippen molar-refractivity contribution in [2.24, 2.45) is 0 Å². The van der Waals surface area contributed by atoms with Gasteiger partial charge < -0.3 is 5.73 Å². The van der Waals surface area contributed by atoms with Crippen LogP contribution in [0.2, 0.25) is 0 Å². The van der Waals surface area contributed by atoms with Crippen LogP contribution in [-0.2, 0) is 11.2 Å². The maximum Gasteiger partial charge on any atom is 0.273 e.